The predicted molar refractivity (Wildman–Crippen MR) is 88.3 cm³/mol. The molecule has 0 amide bonds. The fourth-order valence-electron chi connectivity index (χ4n) is 0.854. The zero-order valence-corrected chi connectivity index (χ0v) is 12.0. The Morgan fingerprint density at radius 1 is 0.565 bits per heavy atom. The topological polar surface area (TPSA) is 291 Å². The molecule has 0 aliphatic rings. The molecule has 2 heterocycles. The summed E-state index contributed by atoms with van der Waals surface area (Å²) >= 11 is 0. The Balaban J connectivity index is 0. The van der Waals surface area contributed by atoms with Crippen LogP contribution in [0.1, 0.15) is 0 Å². The van der Waals surface area contributed by atoms with Crippen LogP contribution in [-0.2, 0) is 4.46 Å². The van der Waals surface area contributed by atoms with E-state index in [2.05, 4.69) is 29.9 Å². The molecule has 23 heavy (non-hydrogen) atoms. The number of aromatic nitrogens is 6. The van der Waals surface area contributed by atoms with Crippen molar-refractivity contribution in [1.82, 2.24) is 29.9 Å². The van der Waals surface area contributed by atoms with E-state index in [-0.39, 0.29) is 46.7 Å². The minimum absolute atomic E-state index is 0. The highest BCUT2D eigenvalue weighted by molar-refractivity contribution is 6.22. The van der Waals surface area contributed by atoms with Gasteiger partial charge in [0.25, 0.3) is 0 Å². The first kappa shape index (κ1) is 21.9. The molecular weight excluding hydrogens is 344 g/mol. The molecule has 0 aliphatic heterocycles. The molecule has 2 aromatic heterocycles. The van der Waals surface area contributed by atoms with Crippen LogP contribution in [0.3, 0.4) is 0 Å². The zero-order valence-electron chi connectivity index (χ0n) is 11.0. The van der Waals surface area contributed by atoms with Gasteiger partial charge in [0, 0.05) is 0 Å². The van der Waals surface area contributed by atoms with Crippen LogP contribution in [0.2, 0.25) is 0 Å². The molecule has 17 heteroatoms. The third-order valence-corrected chi connectivity index (χ3v) is 1.37. The predicted octanol–water partition coefficient (Wildman–Crippen LogP) is -5.83. The fourth-order valence-corrected chi connectivity index (χ4v) is 0.854. The molecule has 0 radical (unpaired) electrons. The number of hydrogen-bond acceptors (Lipinski definition) is 13. The minimum atomic E-state index is -3.13. The average molecular weight is 362 g/mol. The molecule has 0 fully saturated rings. The highest BCUT2D eigenvalue weighted by Gasteiger charge is 1.94. The van der Waals surface area contributed by atoms with Crippen molar-refractivity contribution >= 4 is 55.8 Å². The highest BCUT2D eigenvalue weighted by atomic mass is 28.3. The summed E-state index contributed by atoms with van der Waals surface area (Å²) in [5.74, 6) is 0.250. The summed E-state index contributed by atoms with van der Waals surface area (Å²) < 4.78 is 8.74. The Morgan fingerprint density at radius 2 is 0.652 bits per heavy atom. The summed E-state index contributed by atoms with van der Waals surface area (Å²) in [7, 11) is -3.13. The molecule has 0 saturated carbocycles. The van der Waals surface area contributed by atoms with Crippen LogP contribution >= 0.6 is 0 Å². The SMILES string of the molecule is Nc1nc(N)nc(N)n1.Nc1nc(N)nc(N)n1.O=[Si](O)O.[SiH4]. The highest BCUT2D eigenvalue weighted by Crippen LogP contribution is 1.98. The van der Waals surface area contributed by atoms with Gasteiger partial charge in [0.2, 0.25) is 35.7 Å². The lowest BCUT2D eigenvalue weighted by Gasteiger charge is -1.93. The number of hydrogen-bond donors (Lipinski definition) is 8. The van der Waals surface area contributed by atoms with E-state index in [0.29, 0.717) is 0 Å². The van der Waals surface area contributed by atoms with Crippen LogP contribution in [0.5, 0.6) is 0 Å². The first-order valence-electron chi connectivity index (χ1n) is 5.07. The largest absolute Gasteiger partial charge is 0.761 e. The van der Waals surface area contributed by atoms with Gasteiger partial charge in [-0.15, -0.1) is 0 Å². The molecule has 0 spiro atoms. The summed E-state index contributed by atoms with van der Waals surface area (Å²) in [6, 6.07) is 0. The number of anilines is 6. The van der Waals surface area contributed by atoms with E-state index in [9.17, 15) is 0 Å². The maximum atomic E-state index is 8.74. The van der Waals surface area contributed by atoms with Crippen LogP contribution < -0.4 is 34.4 Å². The summed E-state index contributed by atoms with van der Waals surface area (Å²) in [6.07, 6.45) is 0. The van der Waals surface area contributed by atoms with Crippen molar-refractivity contribution in [3.63, 3.8) is 0 Å². The first-order valence-corrected chi connectivity index (χ1v) is 6.37. The van der Waals surface area contributed by atoms with Gasteiger partial charge in [-0.25, -0.2) is 0 Å². The molecule has 14 N–H and O–H groups in total. The van der Waals surface area contributed by atoms with E-state index in [1.54, 1.807) is 0 Å². The second-order valence-electron chi connectivity index (χ2n) is 3.10. The van der Waals surface area contributed by atoms with Gasteiger partial charge in [-0.1, -0.05) is 0 Å². The van der Waals surface area contributed by atoms with Gasteiger partial charge >= 0.3 is 9.17 Å². The van der Waals surface area contributed by atoms with E-state index < -0.39 is 9.17 Å². The number of nitrogens with two attached hydrogens (primary N) is 6. The summed E-state index contributed by atoms with van der Waals surface area (Å²) in [6.45, 7) is 0. The maximum absolute atomic E-state index is 8.74. The van der Waals surface area contributed by atoms with Gasteiger partial charge in [-0.05, 0) is 11.0 Å². The van der Waals surface area contributed by atoms with Crippen LogP contribution in [0, 0.1) is 0 Å². The lowest BCUT2D eigenvalue weighted by atomic mass is 10.9. The lowest BCUT2D eigenvalue weighted by molar-refractivity contribution is 0.330. The van der Waals surface area contributed by atoms with Gasteiger partial charge in [0.05, 0.1) is 0 Å². The van der Waals surface area contributed by atoms with Gasteiger partial charge in [-0.2, -0.15) is 29.9 Å². The molecule has 0 atom stereocenters. The second-order valence-corrected chi connectivity index (χ2v) is 3.67. The van der Waals surface area contributed by atoms with E-state index in [0.717, 1.165) is 0 Å². The number of nitrogen functional groups attached to an aromatic ring is 6. The Labute approximate surface area is 135 Å². The summed E-state index contributed by atoms with van der Waals surface area (Å²) in [4.78, 5) is 35.2. The van der Waals surface area contributed by atoms with E-state index in [1.807, 2.05) is 0 Å². The Kier molecular flexibility index (Phi) is 9.91. The summed E-state index contributed by atoms with van der Waals surface area (Å²) in [5.41, 5.74) is 30.8. The van der Waals surface area contributed by atoms with Crippen molar-refractivity contribution in [2.75, 3.05) is 34.4 Å². The maximum Gasteiger partial charge on any atom is 0.761 e. The zero-order chi connectivity index (χ0) is 17.3. The monoisotopic (exact) mass is 362 g/mol. The minimum Gasteiger partial charge on any atom is -0.511 e. The number of rotatable bonds is 0. The second kappa shape index (κ2) is 10.4. The molecule has 0 unspecified atom stereocenters. The normalized spacial score (nSPS) is 8.35. The van der Waals surface area contributed by atoms with Gasteiger partial charge in [0.1, 0.15) is 0 Å². The standard InChI is InChI=1S/2C3H6N6.H2O3Si.H4Si/c2*4-1-7-2(5)9-3(6)8-1;1-4(2)3;/h2*(H6,4,5,6,7,8,9);1-2H;1H4. The molecule has 2 aromatic rings. The third-order valence-electron chi connectivity index (χ3n) is 1.37. The molecule has 2 rings (SSSR count). The molecular formula is C6H18N12O3Si2. The summed E-state index contributed by atoms with van der Waals surface area (Å²) in [5, 5.41) is 0. The molecule has 0 aromatic carbocycles. The van der Waals surface area contributed by atoms with E-state index in [1.165, 1.54) is 0 Å². The van der Waals surface area contributed by atoms with Crippen molar-refractivity contribution in [3.8, 4) is 0 Å². The van der Waals surface area contributed by atoms with E-state index in [4.69, 9.17) is 48.5 Å². The van der Waals surface area contributed by atoms with Gasteiger partial charge in [0.15, 0.2) is 0 Å². The van der Waals surface area contributed by atoms with Crippen molar-refractivity contribution < 1.29 is 14.1 Å². The van der Waals surface area contributed by atoms with Gasteiger partial charge < -0.3 is 44.0 Å². The van der Waals surface area contributed by atoms with Crippen LogP contribution in [-0.4, -0.2) is 59.6 Å². The van der Waals surface area contributed by atoms with Crippen LogP contribution in [0.4, 0.5) is 35.7 Å². The quantitative estimate of drug-likeness (QED) is 0.202. The van der Waals surface area contributed by atoms with E-state index >= 15 is 0 Å². The molecule has 0 aliphatic carbocycles. The average Bonchev–Trinajstić information content (AvgIpc) is 2.23. The molecule has 128 valence electrons. The molecule has 0 saturated heterocycles. The van der Waals surface area contributed by atoms with Crippen LogP contribution in [0.15, 0.2) is 0 Å². The first-order chi connectivity index (χ1) is 10.1. The number of nitrogens with zero attached hydrogens (tertiary/aromatic N) is 6. The van der Waals surface area contributed by atoms with Crippen molar-refractivity contribution in [2.24, 2.45) is 0 Å². The van der Waals surface area contributed by atoms with Crippen molar-refractivity contribution in [3.05, 3.63) is 0 Å². The smallest absolute Gasteiger partial charge is 0.511 e. The fraction of sp³-hybridized carbons (Fsp3) is 0. The Morgan fingerprint density at radius 3 is 0.739 bits per heavy atom. The molecule has 0 bridgehead atoms. The van der Waals surface area contributed by atoms with Crippen LogP contribution in [0.25, 0.3) is 0 Å². The van der Waals surface area contributed by atoms with Crippen molar-refractivity contribution in [1.29, 1.82) is 0 Å². The molecule has 15 nitrogen and oxygen atoms in total. The van der Waals surface area contributed by atoms with Gasteiger partial charge in [-0.3, -0.25) is 4.46 Å². The third kappa shape index (κ3) is 12.1. The lowest BCUT2D eigenvalue weighted by Crippen LogP contribution is -2.05. The van der Waals surface area contributed by atoms with Crippen molar-refractivity contribution in [2.45, 2.75) is 0 Å². The Hall–Kier alpha value is -3.35. The Bertz CT molecular complexity index is 488.